The fourth-order valence-corrected chi connectivity index (χ4v) is 0.890. The van der Waals surface area contributed by atoms with Gasteiger partial charge in [-0.1, -0.05) is 0 Å². The van der Waals surface area contributed by atoms with Gasteiger partial charge in [0.05, 0.1) is 6.61 Å². The fraction of sp³-hybridized carbons (Fsp3) is 0.286. The van der Waals surface area contributed by atoms with E-state index in [1.54, 1.807) is 6.92 Å². The molecule has 6 heteroatoms. The molecule has 0 unspecified atom stereocenters. The van der Waals surface area contributed by atoms with E-state index in [2.05, 4.69) is 9.72 Å². The number of carbonyl (C=O) groups excluding carboxylic acids is 1. The molecule has 0 radical (unpaired) electrons. The van der Waals surface area contributed by atoms with E-state index in [1.165, 1.54) is 12.1 Å². The van der Waals surface area contributed by atoms with Crippen LogP contribution >= 0.6 is 0 Å². The summed E-state index contributed by atoms with van der Waals surface area (Å²) < 4.78 is 4.69. The summed E-state index contributed by atoms with van der Waals surface area (Å²) in [4.78, 5) is 13.6. The molecule has 13 heavy (non-hydrogen) atoms. The van der Waals surface area contributed by atoms with Gasteiger partial charge >= 0.3 is 13.1 Å². The van der Waals surface area contributed by atoms with E-state index >= 15 is 0 Å². The second-order valence-electron chi connectivity index (χ2n) is 2.42. The van der Waals surface area contributed by atoms with Crippen LogP contribution in [0.3, 0.4) is 0 Å². The second-order valence-corrected chi connectivity index (χ2v) is 2.42. The van der Waals surface area contributed by atoms with Gasteiger partial charge in [-0.2, -0.15) is 0 Å². The van der Waals surface area contributed by atoms with E-state index < -0.39 is 13.1 Å². The van der Waals surface area contributed by atoms with E-state index in [0.717, 1.165) is 0 Å². The van der Waals surface area contributed by atoms with Crippen molar-refractivity contribution >= 4 is 18.7 Å². The lowest BCUT2D eigenvalue weighted by Crippen LogP contribution is -2.31. The number of ether oxygens (including phenoxy) is 1. The molecule has 70 valence electrons. The summed E-state index contributed by atoms with van der Waals surface area (Å²) >= 11 is 0. The third-order valence-electron chi connectivity index (χ3n) is 1.48. The molecule has 0 aromatic carbocycles. The average Bonchev–Trinajstić information content (AvgIpc) is 2.52. The topological polar surface area (TPSA) is 82.6 Å². The van der Waals surface area contributed by atoms with Gasteiger partial charge in [0.2, 0.25) is 0 Å². The van der Waals surface area contributed by atoms with E-state index in [4.69, 9.17) is 10.0 Å². The number of H-pyrrole nitrogens is 1. The third-order valence-corrected chi connectivity index (χ3v) is 1.48. The van der Waals surface area contributed by atoms with E-state index in [0.29, 0.717) is 0 Å². The van der Waals surface area contributed by atoms with Crippen molar-refractivity contribution < 1.29 is 19.6 Å². The maximum atomic E-state index is 11.1. The van der Waals surface area contributed by atoms with Crippen LogP contribution in [0.1, 0.15) is 17.4 Å². The van der Waals surface area contributed by atoms with Crippen LogP contribution in [0.25, 0.3) is 0 Å². The minimum Gasteiger partial charge on any atom is -0.461 e. The predicted molar refractivity (Wildman–Crippen MR) is 46.6 cm³/mol. The zero-order valence-electron chi connectivity index (χ0n) is 7.15. The van der Waals surface area contributed by atoms with Crippen molar-refractivity contribution in [3.8, 4) is 0 Å². The number of nitrogens with one attached hydrogen (secondary N) is 1. The minimum atomic E-state index is -1.59. The largest absolute Gasteiger partial charge is 0.505 e. The fourth-order valence-electron chi connectivity index (χ4n) is 0.890. The first kappa shape index (κ1) is 9.82. The van der Waals surface area contributed by atoms with Crippen LogP contribution < -0.4 is 5.59 Å². The summed E-state index contributed by atoms with van der Waals surface area (Å²) in [5.41, 5.74) is 0.382. The van der Waals surface area contributed by atoms with Crippen LogP contribution in [-0.4, -0.2) is 34.7 Å². The Kier molecular flexibility index (Phi) is 3.10. The van der Waals surface area contributed by atoms with Crippen LogP contribution in [0.4, 0.5) is 0 Å². The van der Waals surface area contributed by atoms with E-state index in [-0.39, 0.29) is 17.9 Å². The maximum Gasteiger partial charge on any atom is 0.505 e. The van der Waals surface area contributed by atoms with Crippen LogP contribution in [0.15, 0.2) is 12.1 Å². The van der Waals surface area contributed by atoms with Gasteiger partial charge < -0.3 is 19.8 Å². The molecule has 0 aliphatic rings. The number of hydrogen-bond donors (Lipinski definition) is 3. The van der Waals surface area contributed by atoms with Crippen molar-refractivity contribution in [1.29, 1.82) is 0 Å². The molecule has 0 bridgehead atoms. The molecule has 0 fully saturated rings. The monoisotopic (exact) mass is 183 g/mol. The first-order chi connectivity index (χ1) is 6.15. The normalized spacial score (nSPS) is 9.77. The van der Waals surface area contributed by atoms with Gasteiger partial charge in [-0.25, -0.2) is 4.79 Å². The molecular formula is C7H10BNO4. The van der Waals surface area contributed by atoms with Crippen LogP contribution in [0.5, 0.6) is 0 Å². The molecule has 0 atom stereocenters. The average molecular weight is 183 g/mol. The number of esters is 1. The highest BCUT2D eigenvalue weighted by molar-refractivity contribution is 6.57. The van der Waals surface area contributed by atoms with Crippen molar-refractivity contribution in [3.05, 3.63) is 17.8 Å². The van der Waals surface area contributed by atoms with Crippen LogP contribution in [-0.2, 0) is 4.74 Å². The third kappa shape index (κ3) is 2.33. The van der Waals surface area contributed by atoms with Crippen molar-refractivity contribution in [3.63, 3.8) is 0 Å². The van der Waals surface area contributed by atoms with Gasteiger partial charge in [-0.15, -0.1) is 0 Å². The first-order valence-corrected chi connectivity index (χ1v) is 3.87. The van der Waals surface area contributed by atoms with E-state index in [9.17, 15) is 4.79 Å². The first-order valence-electron chi connectivity index (χ1n) is 3.87. The number of aromatic amines is 1. The smallest absolute Gasteiger partial charge is 0.461 e. The van der Waals surface area contributed by atoms with Crippen LogP contribution in [0.2, 0.25) is 0 Å². The molecule has 0 aliphatic heterocycles. The molecule has 1 rings (SSSR count). The quantitative estimate of drug-likeness (QED) is 0.409. The Balaban J connectivity index is 2.73. The Bertz CT molecular complexity index is 296. The molecule has 1 aromatic heterocycles. The summed E-state index contributed by atoms with van der Waals surface area (Å²) in [5.74, 6) is -0.505. The van der Waals surface area contributed by atoms with Gasteiger partial charge in [0, 0.05) is 5.59 Å². The molecule has 1 aromatic rings. The predicted octanol–water partition coefficient (Wildman–Crippen LogP) is -1.13. The Labute approximate surface area is 75.5 Å². The zero-order valence-corrected chi connectivity index (χ0v) is 7.15. The number of carbonyl (C=O) groups is 1. The van der Waals surface area contributed by atoms with Crippen molar-refractivity contribution in [2.45, 2.75) is 6.92 Å². The molecule has 1 heterocycles. The summed E-state index contributed by atoms with van der Waals surface area (Å²) in [6, 6.07) is 2.85. The van der Waals surface area contributed by atoms with Crippen molar-refractivity contribution in [2.75, 3.05) is 6.61 Å². The Hall–Kier alpha value is -1.27. The molecule has 3 N–H and O–H groups in total. The minimum absolute atomic E-state index is 0.169. The molecule has 0 saturated carbocycles. The maximum absolute atomic E-state index is 11.1. The van der Waals surface area contributed by atoms with Gasteiger partial charge in [0.15, 0.2) is 0 Å². The Morgan fingerprint density at radius 3 is 2.77 bits per heavy atom. The summed E-state index contributed by atoms with van der Waals surface area (Å²) in [6.45, 7) is 1.98. The number of hydrogen-bond acceptors (Lipinski definition) is 4. The molecular weight excluding hydrogens is 173 g/mol. The number of rotatable bonds is 3. The zero-order chi connectivity index (χ0) is 9.84. The molecule has 0 amide bonds. The summed E-state index contributed by atoms with van der Waals surface area (Å²) in [5, 5.41) is 17.4. The highest BCUT2D eigenvalue weighted by Gasteiger charge is 2.16. The molecule has 5 nitrogen and oxygen atoms in total. The lowest BCUT2D eigenvalue weighted by atomic mass is 9.87. The highest BCUT2D eigenvalue weighted by atomic mass is 16.5. The van der Waals surface area contributed by atoms with E-state index in [1.807, 2.05) is 0 Å². The second kappa shape index (κ2) is 4.11. The highest BCUT2D eigenvalue weighted by Crippen LogP contribution is 1.96. The summed E-state index contributed by atoms with van der Waals surface area (Å²) in [7, 11) is -1.59. The van der Waals surface area contributed by atoms with Gasteiger partial charge in [0.1, 0.15) is 5.69 Å². The molecule has 0 saturated heterocycles. The van der Waals surface area contributed by atoms with Crippen LogP contribution in [0, 0.1) is 0 Å². The lowest BCUT2D eigenvalue weighted by Gasteiger charge is -1.98. The van der Waals surface area contributed by atoms with Gasteiger partial charge in [0.25, 0.3) is 0 Å². The SMILES string of the molecule is CCOC(=O)c1ccc(B(O)O)[nH]1. The Morgan fingerprint density at radius 1 is 1.62 bits per heavy atom. The molecule has 0 spiro atoms. The number of aromatic nitrogens is 1. The lowest BCUT2D eigenvalue weighted by molar-refractivity contribution is 0.0520. The van der Waals surface area contributed by atoms with Gasteiger partial charge in [-0.3, -0.25) is 0 Å². The Morgan fingerprint density at radius 2 is 2.31 bits per heavy atom. The van der Waals surface area contributed by atoms with Gasteiger partial charge in [-0.05, 0) is 19.1 Å². The molecule has 0 aliphatic carbocycles. The van der Waals surface area contributed by atoms with Crippen molar-refractivity contribution in [2.24, 2.45) is 0 Å². The van der Waals surface area contributed by atoms with Crippen molar-refractivity contribution in [1.82, 2.24) is 4.98 Å². The summed E-state index contributed by atoms with van der Waals surface area (Å²) in [6.07, 6.45) is 0. The standard InChI is InChI=1S/C7H10BNO4/c1-2-13-7(10)5-3-4-6(9-5)8(11)12/h3-4,9,11-12H,2H2,1H3.